The molecule has 1 heterocycles. The summed E-state index contributed by atoms with van der Waals surface area (Å²) in [6.45, 7) is 3.92. The quantitative estimate of drug-likeness (QED) is 0.554. The summed E-state index contributed by atoms with van der Waals surface area (Å²) in [5.41, 5.74) is 0. The Hall–Kier alpha value is 0.270. The van der Waals surface area contributed by atoms with Gasteiger partial charge >= 0.3 is 0 Å². The Bertz CT molecular complexity index is 108. The average molecular weight is 161 g/mol. The van der Waals surface area contributed by atoms with Gasteiger partial charge in [0.1, 0.15) is 0 Å². The summed E-state index contributed by atoms with van der Waals surface area (Å²) >= 11 is 4.30. The molecule has 0 amide bonds. The molecule has 0 aromatic heterocycles. The van der Waals surface area contributed by atoms with Crippen molar-refractivity contribution in [3.8, 4) is 0 Å². The molecule has 2 atom stereocenters. The van der Waals surface area contributed by atoms with Gasteiger partial charge in [-0.1, -0.05) is 0 Å². The Kier molecular flexibility index (Phi) is 3.01. The average Bonchev–Trinajstić information content (AvgIpc) is 1.88. The van der Waals surface area contributed by atoms with E-state index in [0.29, 0.717) is 0 Å². The van der Waals surface area contributed by atoms with Crippen molar-refractivity contribution in [2.45, 2.75) is 31.2 Å². The standard InChI is InChI=1S/C7H15NOS/c1-6(10)8-4-2-3-7(9)5-8/h6-7,9-10H,2-5H2,1H3. The highest BCUT2D eigenvalue weighted by atomic mass is 32.1. The number of piperidine rings is 1. The molecular weight excluding hydrogens is 146 g/mol. The summed E-state index contributed by atoms with van der Waals surface area (Å²) in [5, 5.41) is 9.54. The Morgan fingerprint density at radius 1 is 1.70 bits per heavy atom. The van der Waals surface area contributed by atoms with Gasteiger partial charge in [-0.05, 0) is 26.3 Å². The van der Waals surface area contributed by atoms with E-state index in [9.17, 15) is 5.11 Å². The highest BCUT2D eigenvalue weighted by Gasteiger charge is 2.19. The zero-order valence-electron chi connectivity index (χ0n) is 6.32. The molecule has 1 N–H and O–H groups in total. The van der Waals surface area contributed by atoms with Gasteiger partial charge in [0.25, 0.3) is 0 Å². The van der Waals surface area contributed by atoms with E-state index in [1.807, 2.05) is 6.92 Å². The lowest BCUT2D eigenvalue weighted by Gasteiger charge is -2.32. The van der Waals surface area contributed by atoms with E-state index in [1.165, 1.54) is 0 Å². The van der Waals surface area contributed by atoms with E-state index in [2.05, 4.69) is 17.5 Å². The van der Waals surface area contributed by atoms with Gasteiger partial charge in [0.05, 0.1) is 6.10 Å². The highest BCUT2D eigenvalue weighted by Crippen LogP contribution is 2.13. The molecule has 1 saturated heterocycles. The highest BCUT2D eigenvalue weighted by molar-refractivity contribution is 7.80. The van der Waals surface area contributed by atoms with Crippen molar-refractivity contribution in [1.82, 2.24) is 4.90 Å². The molecule has 60 valence electrons. The number of hydrogen-bond acceptors (Lipinski definition) is 3. The molecule has 10 heavy (non-hydrogen) atoms. The maximum atomic E-state index is 9.25. The first-order valence-electron chi connectivity index (χ1n) is 3.80. The Morgan fingerprint density at radius 2 is 2.40 bits per heavy atom. The molecule has 2 unspecified atom stereocenters. The topological polar surface area (TPSA) is 23.5 Å². The van der Waals surface area contributed by atoms with Gasteiger partial charge < -0.3 is 5.11 Å². The van der Waals surface area contributed by atoms with E-state index in [-0.39, 0.29) is 11.5 Å². The minimum atomic E-state index is -0.122. The lowest BCUT2D eigenvalue weighted by atomic mass is 10.1. The van der Waals surface area contributed by atoms with Crippen molar-refractivity contribution in [3.05, 3.63) is 0 Å². The van der Waals surface area contributed by atoms with Crippen molar-refractivity contribution in [2.75, 3.05) is 13.1 Å². The predicted molar refractivity (Wildman–Crippen MR) is 45.3 cm³/mol. The van der Waals surface area contributed by atoms with Gasteiger partial charge in [0.15, 0.2) is 0 Å². The molecule has 3 heteroatoms. The third-order valence-corrected chi connectivity index (χ3v) is 2.28. The molecule has 0 saturated carbocycles. The number of thiol groups is 1. The molecule has 0 radical (unpaired) electrons. The van der Waals surface area contributed by atoms with Gasteiger partial charge in [0.2, 0.25) is 0 Å². The monoisotopic (exact) mass is 161 g/mol. The van der Waals surface area contributed by atoms with Gasteiger partial charge in [-0.15, -0.1) is 0 Å². The second-order valence-electron chi connectivity index (χ2n) is 2.92. The third-order valence-electron chi connectivity index (χ3n) is 1.96. The van der Waals surface area contributed by atoms with Crippen molar-refractivity contribution >= 4 is 12.6 Å². The zero-order valence-corrected chi connectivity index (χ0v) is 7.22. The maximum Gasteiger partial charge on any atom is 0.0668 e. The Morgan fingerprint density at radius 3 is 2.80 bits per heavy atom. The first-order chi connectivity index (χ1) is 4.70. The molecule has 1 rings (SSSR count). The van der Waals surface area contributed by atoms with Crippen LogP contribution in [0.15, 0.2) is 0 Å². The Balaban J connectivity index is 2.32. The molecule has 1 aliphatic rings. The van der Waals surface area contributed by atoms with Gasteiger partial charge in [-0.2, -0.15) is 12.6 Å². The van der Waals surface area contributed by atoms with Crippen LogP contribution in [0.3, 0.4) is 0 Å². The first-order valence-corrected chi connectivity index (χ1v) is 4.32. The number of aliphatic hydroxyl groups is 1. The van der Waals surface area contributed by atoms with E-state index in [4.69, 9.17) is 0 Å². The number of hydrogen-bond donors (Lipinski definition) is 2. The number of rotatable bonds is 1. The molecular formula is C7H15NOS. The maximum absolute atomic E-state index is 9.25. The molecule has 0 aromatic carbocycles. The van der Waals surface area contributed by atoms with Crippen LogP contribution < -0.4 is 0 Å². The number of nitrogens with zero attached hydrogens (tertiary/aromatic N) is 1. The predicted octanol–water partition coefficient (Wildman–Crippen LogP) is 0.719. The Labute approximate surface area is 67.6 Å². The van der Waals surface area contributed by atoms with Crippen molar-refractivity contribution in [2.24, 2.45) is 0 Å². The van der Waals surface area contributed by atoms with Crippen LogP contribution in [0.1, 0.15) is 19.8 Å². The van der Waals surface area contributed by atoms with E-state index in [0.717, 1.165) is 25.9 Å². The summed E-state index contributed by atoms with van der Waals surface area (Å²) in [6, 6.07) is 0. The van der Waals surface area contributed by atoms with Crippen LogP contribution in [0.5, 0.6) is 0 Å². The van der Waals surface area contributed by atoms with Crippen molar-refractivity contribution in [1.29, 1.82) is 0 Å². The molecule has 2 nitrogen and oxygen atoms in total. The fourth-order valence-corrected chi connectivity index (χ4v) is 1.53. The minimum Gasteiger partial charge on any atom is -0.392 e. The van der Waals surface area contributed by atoms with Crippen molar-refractivity contribution in [3.63, 3.8) is 0 Å². The van der Waals surface area contributed by atoms with Crippen LogP contribution in [0.4, 0.5) is 0 Å². The third kappa shape index (κ3) is 2.15. The van der Waals surface area contributed by atoms with Crippen molar-refractivity contribution < 1.29 is 5.11 Å². The molecule has 0 aromatic rings. The van der Waals surface area contributed by atoms with E-state index in [1.54, 1.807) is 0 Å². The van der Waals surface area contributed by atoms with E-state index >= 15 is 0 Å². The second-order valence-corrected chi connectivity index (χ2v) is 3.67. The minimum absolute atomic E-state index is 0.122. The molecule has 0 bridgehead atoms. The molecule has 0 spiro atoms. The van der Waals surface area contributed by atoms with E-state index < -0.39 is 0 Å². The van der Waals surface area contributed by atoms with Gasteiger partial charge in [-0.3, -0.25) is 4.90 Å². The summed E-state index contributed by atoms with van der Waals surface area (Å²) in [7, 11) is 0. The number of likely N-dealkylation sites (tertiary alicyclic amines) is 1. The number of aliphatic hydroxyl groups excluding tert-OH is 1. The first kappa shape index (κ1) is 8.37. The van der Waals surface area contributed by atoms with Gasteiger partial charge in [0, 0.05) is 11.9 Å². The smallest absolute Gasteiger partial charge is 0.0668 e. The second kappa shape index (κ2) is 3.60. The number of β-amino-alcohol motifs (C(OH)–C–C–N with tert-alkyl or cyclic N) is 1. The summed E-state index contributed by atoms with van der Waals surface area (Å²) in [6.07, 6.45) is 1.94. The summed E-state index contributed by atoms with van der Waals surface area (Å²) in [4.78, 5) is 2.19. The summed E-state index contributed by atoms with van der Waals surface area (Å²) in [5.74, 6) is 0. The molecule has 1 aliphatic heterocycles. The molecule has 1 fully saturated rings. The van der Waals surface area contributed by atoms with Crippen LogP contribution in [0.25, 0.3) is 0 Å². The van der Waals surface area contributed by atoms with Crippen LogP contribution in [0, 0.1) is 0 Å². The van der Waals surface area contributed by atoms with Gasteiger partial charge in [-0.25, -0.2) is 0 Å². The van der Waals surface area contributed by atoms with Crippen LogP contribution in [-0.4, -0.2) is 34.6 Å². The summed E-state index contributed by atoms with van der Waals surface area (Å²) < 4.78 is 0. The fraction of sp³-hybridized carbons (Fsp3) is 1.00. The lowest BCUT2D eigenvalue weighted by Crippen LogP contribution is -2.41. The van der Waals surface area contributed by atoms with Crippen LogP contribution in [0.2, 0.25) is 0 Å². The normalized spacial score (nSPS) is 32.1. The zero-order chi connectivity index (χ0) is 7.56. The fourth-order valence-electron chi connectivity index (χ4n) is 1.32. The largest absolute Gasteiger partial charge is 0.392 e. The van der Waals surface area contributed by atoms with Crippen LogP contribution >= 0.6 is 12.6 Å². The molecule has 0 aliphatic carbocycles. The van der Waals surface area contributed by atoms with Crippen LogP contribution in [-0.2, 0) is 0 Å². The SMILES string of the molecule is CC(S)N1CCCC(O)C1. The lowest BCUT2D eigenvalue weighted by molar-refractivity contribution is 0.0681.